The molecule has 0 saturated carbocycles. The summed E-state index contributed by atoms with van der Waals surface area (Å²) in [5.41, 5.74) is 0.941. The van der Waals surface area contributed by atoms with Crippen LogP contribution < -0.4 is 4.74 Å². The number of aliphatic carboxylic acids is 1. The molecule has 0 aliphatic carbocycles. The van der Waals surface area contributed by atoms with Crippen LogP contribution in [0.1, 0.15) is 18.4 Å². The molecule has 0 saturated heterocycles. The molecule has 1 amide bonds. The summed E-state index contributed by atoms with van der Waals surface area (Å²) >= 11 is 6.01. The molecule has 0 aromatic heterocycles. The zero-order valence-corrected chi connectivity index (χ0v) is 12.3. The Morgan fingerprint density at radius 1 is 1.35 bits per heavy atom. The van der Waals surface area contributed by atoms with Gasteiger partial charge < -0.3 is 14.7 Å². The predicted molar refractivity (Wildman–Crippen MR) is 76.2 cm³/mol. The Morgan fingerprint density at radius 3 is 2.60 bits per heavy atom. The van der Waals surface area contributed by atoms with Crippen LogP contribution in [0.3, 0.4) is 0 Å². The molecule has 0 unspecified atom stereocenters. The Morgan fingerprint density at radius 2 is 2.05 bits per heavy atom. The summed E-state index contributed by atoms with van der Waals surface area (Å²) in [5, 5.41) is 9.08. The monoisotopic (exact) mass is 299 g/mol. The molecule has 1 N–H and O–H groups in total. The average Bonchev–Trinajstić information content (AvgIpc) is 2.42. The van der Waals surface area contributed by atoms with Gasteiger partial charge in [-0.05, 0) is 24.1 Å². The number of amides is 1. The quantitative estimate of drug-likeness (QED) is 0.838. The van der Waals surface area contributed by atoms with Crippen molar-refractivity contribution in [2.75, 3.05) is 20.7 Å². The summed E-state index contributed by atoms with van der Waals surface area (Å²) < 4.78 is 5.06. The maximum Gasteiger partial charge on any atom is 0.305 e. The number of carbonyl (C=O) groups is 2. The van der Waals surface area contributed by atoms with Crippen LogP contribution in [0, 0.1) is 0 Å². The van der Waals surface area contributed by atoms with E-state index in [9.17, 15) is 9.59 Å². The lowest BCUT2D eigenvalue weighted by molar-refractivity contribution is -0.138. The maximum atomic E-state index is 11.8. The molecular weight excluding hydrogens is 282 g/mol. The van der Waals surface area contributed by atoms with Gasteiger partial charge in [0.25, 0.3) is 0 Å². The van der Waals surface area contributed by atoms with Crippen molar-refractivity contribution in [3.63, 3.8) is 0 Å². The first kappa shape index (κ1) is 16.3. The molecule has 0 bridgehead atoms. The Labute approximate surface area is 123 Å². The second kappa shape index (κ2) is 7.75. The lowest BCUT2D eigenvalue weighted by Gasteiger charge is -2.16. The van der Waals surface area contributed by atoms with E-state index in [0.29, 0.717) is 23.6 Å². The van der Waals surface area contributed by atoms with Crippen LogP contribution in [-0.2, 0) is 16.0 Å². The summed E-state index contributed by atoms with van der Waals surface area (Å²) in [5.74, 6) is -0.398. The summed E-state index contributed by atoms with van der Waals surface area (Å²) in [6.45, 7) is 0.220. The van der Waals surface area contributed by atoms with Crippen molar-refractivity contribution in [3.05, 3.63) is 28.8 Å². The van der Waals surface area contributed by atoms with Crippen LogP contribution in [0.2, 0.25) is 5.02 Å². The summed E-state index contributed by atoms with van der Waals surface area (Å²) in [7, 11) is 3.15. The maximum absolute atomic E-state index is 11.8. The fourth-order valence-corrected chi connectivity index (χ4v) is 1.98. The Bertz CT molecular complexity index is 490. The van der Waals surface area contributed by atoms with Gasteiger partial charge in [0.2, 0.25) is 5.91 Å². The van der Waals surface area contributed by atoms with Gasteiger partial charge in [0.15, 0.2) is 0 Å². The van der Waals surface area contributed by atoms with E-state index >= 15 is 0 Å². The fourth-order valence-electron chi connectivity index (χ4n) is 1.70. The van der Waals surface area contributed by atoms with Gasteiger partial charge in [0.1, 0.15) is 5.75 Å². The topological polar surface area (TPSA) is 66.8 Å². The lowest BCUT2D eigenvalue weighted by Crippen LogP contribution is -2.29. The van der Waals surface area contributed by atoms with Gasteiger partial charge in [-0.2, -0.15) is 0 Å². The number of carboxylic acids is 1. The molecule has 0 aliphatic heterocycles. The SMILES string of the molecule is COc1ccc(CCC(=O)N(C)CCC(=O)O)cc1Cl. The number of carbonyl (C=O) groups excluding carboxylic acids is 1. The molecule has 1 aromatic rings. The van der Waals surface area contributed by atoms with E-state index in [-0.39, 0.29) is 18.9 Å². The summed E-state index contributed by atoms with van der Waals surface area (Å²) in [6, 6.07) is 5.39. The van der Waals surface area contributed by atoms with Crippen LogP contribution in [0.5, 0.6) is 5.75 Å². The van der Waals surface area contributed by atoms with Gasteiger partial charge in [0.05, 0.1) is 18.6 Å². The van der Waals surface area contributed by atoms with E-state index < -0.39 is 5.97 Å². The molecule has 0 fully saturated rings. The minimum Gasteiger partial charge on any atom is -0.495 e. The molecular formula is C14H18ClNO4. The Balaban J connectivity index is 2.48. The highest BCUT2D eigenvalue weighted by molar-refractivity contribution is 6.32. The second-order valence-corrected chi connectivity index (χ2v) is 4.84. The number of methoxy groups -OCH3 is 1. The highest BCUT2D eigenvalue weighted by atomic mass is 35.5. The van der Waals surface area contributed by atoms with Crippen molar-refractivity contribution < 1.29 is 19.4 Å². The standard InChI is InChI=1S/C14H18ClNO4/c1-16(8-7-14(18)19)13(17)6-4-10-3-5-12(20-2)11(15)9-10/h3,5,9H,4,6-8H2,1-2H3,(H,18,19). The largest absolute Gasteiger partial charge is 0.495 e. The van der Waals surface area contributed by atoms with Crippen molar-refractivity contribution >= 4 is 23.5 Å². The van der Waals surface area contributed by atoms with Crippen molar-refractivity contribution in [3.8, 4) is 5.75 Å². The van der Waals surface area contributed by atoms with Gasteiger partial charge in [-0.3, -0.25) is 9.59 Å². The lowest BCUT2D eigenvalue weighted by atomic mass is 10.1. The number of hydrogen-bond donors (Lipinski definition) is 1. The molecule has 1 aromatic carbocycles. The Hall–Kier alpha value is -1.75. The number of aryl methyl sites for hydroxylation is 1. The van der Waals surface area contributed by atoms with Crippen LogP contribution in [0.4, 0.5) is 0 Å². The second-order valence-electron chi connectivity index (χ2n) is 4.43. The highest BCUT2D eigenvalue weighted by Gasteiger charge is 2.11. The van der Waals surface area contributed by atoms with E-state index in [0.717, 1.165) is 5.56 Å². The first-order chi connectivity index (χ1) is 9.43. The molecule has 0 atom stereocenters. The van der Waals surface area contributed by atoms with E-state index in [1.165, 1.54) is 4.90 Å². The van der Waals surface area contributed by atoms with E-state index in [2.05, 4.69) is 0 Å². The minimum atomic E-state index is -0.911. The molecule has 0 radical (unpaired) electrons. The molecule has 5 nitrogen and oxygen atoms in total. The van der Waals surface area contributed by atoms with E-state index in [1.807, 2.05) is 6.07 Å². The molecule has 0 spiro atoms. The average molecular weight is 300 g/mol. The Kier molecular flexibility index (Phi) is 6.31. The molecule has 110 valence electrons. The molecule has 1 rings (SSSR count). The van der Waals surface area contributed by atoms with Gasteiger partial charge in [-0.25, -0.2) is 0 Å². The number of ether oxygens (including phenoxy) is 1. The molecule has 20 heavy (non-hydrogen) atoms. The zero-order valence-electron chi connectivity index (χ0n) is 11.6. The van der Waals surface area contributed by atoms with Gasteiger partial charge in [-0.15, -0.1) is 0 Å². The van der Waals surface area contributed by atoms with Crippen molar-refractivity contribution in [1.82, 2.24) is 4.90 Å². The number of nitrogens with zero attached hydrogens (tertiary/aromatic N) is 1. The van der Waals surface area contributed by atoms with Gasteiger partial charge in [0, 0.05) is 20.0 Å². The smallest absolute Gasteiger partial charge is 0.305 e. The molecule has 0 heterocycles. The predicted octanol–water partition coefficient (Wildman–Crippen LogP) is 2.21. The van der Waals surface area contributed by atoms with Crippen molar-refractivity contribution in [2.45, 2.75) is 19.3 Å². The van der Waals surface area contributed by atoms with Crippen molar-refractivity contribution in [1.29, 1.82) is 0 Å². The first-order valence-corrected chi connectivity index (χ1v) is 6.60. The summed E-state index contributed by atoms with van der Waals surface area (Å²) in [6.07, 6.45) is 0.829. The third kappa shape index (κ3) is 5.09. The highest BCUT2D eigenvalue weighted by Crippen LogP contribution is 2.25. The first-order valence-electron chi connectivity index (χ1n) is 6.22. The zero-order chi connectivity index (χ0) is 15.1. The summed E-state index contributed by atoms with van der Waals surface area (Å²) in [4.78, 5) is 23.7. The van der Waals surface area contributed by atoms with Gasteiger partial charge in [-0.1, -0.05) is 17.7 Å². The minimum absolute atomic E-state index is 0.0450. The number of hydrogen-bond acceptors (Lipinski definition) is 3. The fraction of sp³-hybridized carbons (Fsp3) is 0.429. The van der Waals surface area contributed by atoms with E-state index in [1.54, 1.807) is 26.3 Å². The van der Waals surface area contributed by atoms with E-state index in [4.69, 9.17) is 21.4 Å². The number of rotatable bonds is 7. The number of benzene rings is 1. The van der Waals surface area contributed by atoms with Crippen LogP contribution in [0.15, 0.2) is 18.2 Å². The number of carboxylic acid groups (broad SMARTS) is 1. The van der Waals surface area contributed by atoms with Crippen molar-refractivity contribution in [2.24, 2.45) is 0 Å². The number of halogens is 1. The molecule has 6 heteroatoms. The van der Waals surface area contributed by atoms with Gasteiger partial charge >= 0.3 is 5.97 Å². The third-order valence-corrected chi connectivity index (χ3v) is 3.23. The third-order valence-electron chi connectivity index (χ3n) is 2.93. The van der Waals surface area contributed by atoms with Crippen LogP contribution in [-0.4, -0.2) is 42.6 Å². The van der Waals surface area contributed by atoms with Crippen LogP contribution in [0.25, 0.3) is 0 Å². The molecule has 0 aliphatic rings. The van der Waals surface area contributed by atoms with Crippen LogP contribution >= 0.6 is 11.6 Å². The normalized spacial score (nSPS) is 10.2.